The van der Waals surface area contributed by atoms with Gasteiger partial charge >= 0.3 is 5.97 Å². The largest absolute Gasteiger partial charge is 0.489 e. The highest BCUT2D eigenvalue weighted by molar-refractivity contribution is 5.91. The van der Waals surface area contributed by atoms with Gasteiger partial charge in [-0.2, -0.15) is 0 Å². The Morgan fingerprint density at radius 3 is 2.21 bits per heavy atom. The molecule has 29 heavy (non-hydrogen) atoms. The van der Waals surface area contributed by atoms with Crippen molar-refractivity contribution in [2.24, 2.45) is 0 Å². The number of ether oxygens (including phenoxy) is 2. The van der Waals surface area contributed by atoms with E-state index in [0.29, 0.717) is 24.5 Å². The van der Waals surface area contributed by atoms with Crippen molar-refractivity contribution in [2.75, 3.05) is 13.2 Å². The first kappa shape index (κ1) is 20.1. The number of esters is 1. The maximum Gasteiger partial charge on any atom is 0.338 e. The van der Waals surface area contributed by atoms with Crippen LogP contribution in [0.4, 0.5) is 0 Å². The van der Waals surface area contributed by atoms with Crippen LogP contribution in [0, 0.1) is 0 Å². The summed E-state index contributed by atoms with van der Waals surface area (Å²) in [6.07, 6.45) is 0.724. The smallest absolute Gasteiger partial charge is 0.338 e. The second-order valence-electron chi connectivity index (χ2n) is 6.46. The van der Waals surface area contributed by atoms with Crippen LogP contribution < -0.4 is 10.1 Å². The summed E-state index contributed by atoms with van der Waals surface area (Å²) in [4.78, 5) is 24.1. The molecule has 0 saturated heterocycles. The summed E-state index contributed by atoms with van der Waals surface area (Å²) < 4.78 is 10.8. The van der Waals surface area contributed by atoms with Crippen molar-refractivity contribution < 1.29 is 19.1 Å². The first-order valence-electron chi connectivity index (χ1n) is 9.45. The topological polar surface area (TPSA) is 64.6 Å². The molecule has 5 heteroatoms. The molecule has 0 saturated carbocycles. The predicted molar refractivity (Wildman–Crippen MR) is 111 cm³/mol. The van der Waals surface area contributed by atoms with Gasteiger partial charge in [-0.05, 0) is 35.7 Å². The van der Waals surface area contributed by atoms with E-state index in [9.17, 15) is 9.59 Å². The summed E-state index contributed by atoms with van der Waals surface area (Å²) in [5.74, 6) is -0.324. The molecule has 0 atom stereocenters. The molecule has 5 nitrogen and oxygen atoms in total. The fourth-order valence-corrected chi connectivity index (χ4v) is 2.71. The van der Waals surface area contributed by atoms with Crippen LogP contribution >= 0.6 is 0 Å². The summed E-state index contributed by atoms with van der Waals surface area (Å²) >= 11 is 0. The Morgan fingerprint density at radius 2 is 1.48 bits per heavy atom. The normalized spacial score (nSPS) is 10.2. The standard InChI is InChI=1S/C24H23NO4/c26-23(25-15-14-19-8-3-1-4-9-19)18-29-24(27)21-12-7-13-22(16-21)28-17-20-10-5-2-6-11-20/h1-13,16H,14-15,17-18H2,(H,25,26). The van der Waals surface area contributed by atoms with E-state index in [1.54, 1.807) is 24.3 Å². The lowest BCUT2D eigenvalue weighted by atomic mass is 10.1. The molecule has 0 aliphatic carbocycles. The van der Waals surface area contributed by atoms with Crippen LogP contribution in [0.25, 0.3) is 0 Å². The molecule has 0 aliphatic rings. The number of benzene rings is 3. The van der Waals surface area contributed by atoms with Crippen molar-refractivity contribution in [3.05, 3.63) is 102 Å². The van der Waals surface area contributed by atoms with E-state index in [1.807, 2.05) is 60.7 Å². The fourth-order valence-electron chi connectivity index (χ4n) is 2.71. The third kappa shape index (κ3) is 6.81. The van der Waals surface area contributed by atoms with Crippen LogP contribution in [0.2, 0.25) is 0 Å². The zero-order valence-electron chi connectivity index (χ0n) is 16.0. The van der Waals surface area contributed by atoms with Crippen molar-refractivity contribution in [3.8, 4) is 5.75 Å². The van der Waals surface area contributed by atoms with E-state index in [4.69, 9.17) is 9.47 Å². The average molecular weight is 389 g/mol. The monoisotopic (exact) mass is 389 g/mol. The highest BCUT2D eigenvalue weighted by Gasteiger charge is 2.11. The van der Waals surface area contributed by atoms with E-state index < -0.39 is 5.97 Å². The highest BCUT2D eigenvalue weighted by atomic mass is 16.5. The molecule has 0 fully saturated rings. The van der Waals surface area contributed by atoms with Gasteiger partial charge in [0.25, 0.3) is 5.91 Å². The third-order valence-electron chi connectivity index (χ3n) is 4.23. The highest BCUT2D eigenvalue weighted by Crippen LogP contribution is 2.16. The zero-order valence-corrected chi connectivity index (χ0v) is 16.0. The van der Waals surface area contributed by atoms with Crippen molar-refractivity contribution in [1.82, 2.24) is 5.32 Å². The summed E-state index contributed by atoms with van der Waals surface area (Å²) in [5, 5.41) is 2.75. The number of hydrogen-bond donors (Lipinski definition) is 1. The Morgan fingerprint density at radius 1 is 0.793 bits per heavy atom. The van der Waals surface area contributed by atoms with E-state index in [2.05, 4.69) is 5.32 Å². The molecule has 1 amide bonds. The molecule has 0 heterocycles. The minimum atomic E-state index is -0.562. The molecule has 0 spiro atoms. The second-order valence-corrected chi connectivity index (χ2v) is 6.46. The number of hydrogen-bond acceptors (Lipinski definition) is 4. The maximum absolute atomic E-state index is 12.2. The second kappa shape index (κ2) is 10.7. The van der Waals surface area contributed by atoms with Crippen LogP contribution in [0.1, 0.15) is 21.5 Å². The number of carbonyl (C=O) groups is 2. The van der Waals surface area contributed by atoms with Crippen LogP contribution in [0.3, 0.4) is 0 Å². The van der Waals surface area contributed by atoms with Crippen LogP contribution in [0.15, 0.2) is 84.9 Å². The van der Waals surface area contributed by atoms with E-state index in [1.165, 1.54) is 0 Å². The molecule has 3 aromatic rings. The summed E-state index contributed by atoms with van der Waals surface area (Å²) in [7, 11) is 0. The Hall–Kier alpha value is -3.60. The lowest BCUT2D eigenvalue weighted by Crippen LogP contribution is -2.30. The molecule has 0 aliphatic heterocycles. The minimum Gasteiger partial charge on any atom is -0.489 e. The van der Waals surface area contributed by atoms with Gasteiger partial charge in [0, 0.05) is 6.54 Å². The molecule has 3 rings (SSSR count). The fraction of sp³-hybridized carbons (Fsp3) is 0.167. The predicted octanol–water partition coefficient (Wildman–Crippen LogP) is 3.78. The van der Waals surface area contributed by atoms with Crippen molar-refractivity contribution in [3.63, 3.8) is 0 Å². The molecule has 1 N–H and O–H groups in total. The zero-order chi connectivity index (χ0) is 20.3. The third-order valence-corrected chi connectivity index (χ3v) is 4.23. The maximum atomic E-state index is 12.2. The molecule has 0 aromatic heterocycles. The molecular weight excluding hydrogens is 366 g/mol. The van der Waals surface area contributed by atoms with Crippen molar-refractivity contribution >= 4 is 11.9 Å². The summed E-state index contributed by atoms with van der Waals surface area (Å²) in [6.45, 7) is 0.578. The van der Waals surface area contributed by atoms with Gasteiger partial charge < -0.3 is 14.8 Å². The lowest BCUT2D eigenvalue weighted by Gasteiger charge is -2.09. The van der Waals surface area contributed by atoms with Gasteiger partial charge in [0.15, 0.2) is 6.61 Å². The molecule has 3 aromatic carbocycles. The SMILES string of the molecule is O=C(COC(=O)c1cccc(OCc2ccccc2)c1)NCCc1ccccc1. The van der Waals surface area contributed by atoms with Crippen molar-refractivity contribution in [1.29, 1.82) is 0 Å². The van der Waals surface area contributed by atoms with Crippen LogP contribution in [0.5, 0.6) is 5.75 Å². The molecule has 0 bridgehead atoms. The number of nitrogens with one attached hydrogen (secondary N) is 1. The van der Waals surface area contributed by atoms with Gasteiger partial charge in [0.1, 0.15) is 12.4 Å². The summed E-state index contributed by atoms with van der Waals surface area (Å²) in [6, 6.07) is 26.3. The number of rotatable bonds is 9. The van der Waals surface area contributed by atoms with Crippen molar-refractivity contribution in [2.45, 2.75) is 13.0 Å². The van der Waals surface area contributed by atoms with Crippen LogP contribution in [-0.2, 0) is 22.6 Å². The van der Waals surface area contributed by atoms with E-state index >= 15 is 0 Å². The minimum absolute atomic E-state index is 0.317. The lowest BCUT2D eigenvalue weighted by molar-refractivity contribution is -0.124. The molecule has 0 unspecified atom stereocenters. The Kier molecular flexibility index (Phi) is 7.41. The van der Waals surface area contributed by atoms with E-state index in [0.717, 1.165) is 17.5 Å². The van der Waals surface area contributed by atoms with E-state index in [-0.39, 0.29) is 12.5 Å². The quantitative estimate of drug-likeness (QED) is 0.566. The summed E-state index contributed by atoms with van der Waals surface area (Å²) in [5.41, 5.74) is 2.51. The Bertz CT molecular complexity index is 926. The van der Waals surface area contributed by atoms with Gasteiger partial charge in [-0.3, -0.25) is 4.79 Å². The Balaban J connectivity index is 1.42. The average Bonchev–Trinajstić information content (AvgIpc) is 2.78. The van der Waals surface area contributed by atoms with Crippen LogP contribution in [-0.4, -0.2) is 25.0 Å². The first-order valence-corrected chi connectivity index (χ1v) is 9.45. The number of carbonyl (C=O) groups excluding carboxylic acids is 2. The van der Waals surface area contributed by atoms with Gasteiger partial charge in [0.05, 0.1) is 5.56 Å². The van der Waals surface area contributed by atoms with Gasteiger partial charge in [-0.25, -0.2) is 4.79 Å². The Labute approximate surface area is 170 Å². The van der Waals surface area contributed by atoms with Gasteiger partial charge in [-0.1, -0.05) is 66.7 Å². The molecule has 0 radical (unpaired) electrons. The number of amides is 1. The molecular formula is C24H23NO4. The first-order chi connectivity index (χ1) is 14.2. The van der Waals surface area contributed by atoms with Gasteiger partial charge in [0.2, 0.25) is 0 Å². The van der Waals surface area contributed by atoms with Gasteiger partial charge in [-0.15, -0.1) is 0 Å². The molecule has 148 valence electrons.